The first-order valence-electron chi connectivity index (χ1n) is 6.88. The standard InChI is InChI=1S/C16H17N3O/c1-2-5-12-10-16(17-11-13-8-9-20-19-13)14-6-3-4-7-15(14)18-12/h3-4,6-10H,2,5,11H2,1H3,(H,17,18). The average molecular weight is 267 g/mol. The fourth-order valence-electron chi connectivity index (χ4n) is 2.28. The Balaban J connectivity index is 1.94. The van der Waals surface area contributed by atoms with Crippen LogP contribution < -0.4 is 5.32 Å². The summed E-state index contributed by atoms with van der Waals surface area (Å²) in [6.07, 6.45) is 3.67. The number of hydrogen-bond donors (Lipinski definition) is 1. The number of para-hydroxylation sites is 1. The molecule has 0 radical (unpaired) electrons. The normalized spacial score (nSPS) is 10.8. The molecule has 2 heterocycles. The predicted molar refractivity (Wildman–Crippen MR) is 79.6 cm³/mol. The minimum atomic E-state index is 0.649. The average Bonchev–Trinajstić information content (AvgIpc) is 2.98. The van der Waals surface area contributed by atoms with Crippen molar-refractivity contribution in [2.75, 3.05) is 5.32 Å². The first kappa shape index (κ1) is 12.7. The van der Waals surface area contributed by atoms with Crippen LogP contribution in [0.3, 0.4) is 0 Å². The number of rotatable bonds is 5. The molecule has 1 N–H and O–H groups in total. The molecule has 0 aliphatic rings. The summed E-state index contributed by atoms with van der Waals surface area (Å²) in [6.45, 7) is 2.81. The van der Waals surface area contributed by atoms with E-state index in [2.05, 4.69) is 35.6 Å². The van der Waals surface area contributed by atoms with Crippen molar-refractivity contribution < 1.29 is 4.52 Å². The van der Waals surface area contributed by atoms with Crippen molar-refractivity contribution in [3.63, 3.8) is 0 Å². The monoisotopic (exact) mass is 267 g/mol. The first-order chi connectivity index (χ1) is 9.86. The number of hydrogen-bond acceptors (Lipinski definition) is 4. The van der Waals surface area contributed by atoms with Crippen molar-refractivity contribution >= 4 is 16.6 Å². The van der Waals surface area contributed by atoms with E-state index >= 15 is 0 Å². The maximum atomic E-state index is 4.85. The number of nitrogens with one attached hydrogen (secondary N) is 1. The summed E-state index contributed by atoms with van der Waals surface area (Å²) in [5.41, 5.74) is 4.14. The van der Waals surface area contributed by atoms with E-state index in [-0.39, 0.29) is 0 Å². The van der Waals surface area contributed by atoms with E-state index in [1.807, 2.05) is 18.2 Å². The van der Waals surface area contributed by atoms with Crippen molar-refractivity contribution in [3.05, 3.63) is 54.0 Å². The molecule has 0 fully saturated rings. The molecule has 2 aromatic heterocycles. The number of aryl methyl sites for hydroxylation is 1. The molecular weight excluding hydrogens is 250 g/mol. The van der Waals surface area contributed by atoms with Crippen molar-refractivity contribution in [1.29, 1.82) is 0 Å². The number of fused-ring (bicyclic) bond motifs is 1. The summed E-state index contributed by atoms with van der Waals surface area (Å²) < 4.78 is 4.85. The van der Waals surface area contributed by atoms with Gasteiger partial charge in [-0.1, -0.05) is 36.7 Å². The van der Waals surface area contributed by atoms with Gasteiger partial charge in [-0.2, -0.15) is 0 Å². The minimum absolute atomic E-state index is 0.649. The van der Waals surface area contributed by atoms with Crippen molar-refractivity contribution in [2.24, 2.45) is 0 Å². The largest absolute Gasteiger partial charge is 0.379 e. The van der Waals surface area contributed by atoms with Gasteiger partial charge in [-0.3, -0.25) is 4.98 Å². The molecule has 4 nitrogen and oxygen atoms in total. The number of aromatic nitrogens is 2. The minimum Gasteiger partial charge on any atom is -0.379 e. The van der Waals surface area contributed by atoms with E-state index in [0.717, 1.165) is 40.8 Å². The molecule has 4 heteroatoms. The summed E-state index contributed by atoms with van der Waals surface area (Å²) >= 11 is 0. The Hall–Kier alpha value is -2.36. The molecule has 1 aromatic carbocycles. The fraction of sp³-hybridized carbons (Fsp3) is 0.250. The van der Waals surface area contributed by atoms with Gasteiger partial charge in [-0.15, -0.1) is 0 Å². The van der Waals surface area contributed by atoms with Gasteiger partial charge in [0.05, 0.1) is 12.1 Å². The van der Waals surface area contributed by atoms with Gasteiger partial charge >= 0.3 is 0 Å². The lowest BCUT2D eigenvalue weighted by Crippen LogP contribution is -2.02. The second kappa shape index (κ2) is 5.74. The van der Waals surface area contributed by atoms with Gasteiger partial charge < -0.3 is 9.84 Å². The van der Waals surface area contributed by atoms with Crippen LogP contribution in [-0.2, 0) is 13.0 Å². The van der Waals surface area contributed by atoms with Crippen molar-refractivity contribution in [3.8, 4) is 0 Å². The van der Waals surface area contributed by atoms with Gasteiger partial charge in [0.2, 0.25) is 0 Å². The maximum Gasteiger partial charge on any atom is 0.124 e. The van der Waals surface area contributed by atoms with E-state index < -0.39 is 0 Å². The van der Waals surface area contributed by atoms with Crippen LogP contribution in [0.1, 0.15) is 24.7 Å². The Kier molecular flexibility index (Phi) is 3.63. The fourth-order valence-corrected chi connectivity index (χ4v) is 2.28. The van der Waals surface area contributed by atoms with E-state index in [9.17, 15) is 0 Å². The van der Waals surface area contributed by atoms with Gasteiger partial charge in [-0.05, 0) is 18.6 Å². The zero-order chi connectivity index (χ0) is 13.8. The molecule has 0 atom stereocenters. The summed E-state index contributed by atoms with van der Waals surface area (Å²) in [7, 11) is 0. The highest BCUT2D eigenvalue weighted by Crippen LogP contribution is 2.24. The van der Waals surface area contributed by atoms with Crippen LogP contribution in [0, 0.1) is 0 Å². The smallest absolute Gasteiger partial charge is 0.124 e. The van der Waals surface area contributed by atoms with Crippen LogP contribution in [-0.4, -0.2) is 10.1 Å². The van der Waals surface area contributed by atoms with Gasteiger partial charge in [0.1, 0.15) is 12.0 Å². The van der Waals surface area contributed by atoms with Crippen molar-refractivity contribution in [1.82, 2.24) is 10.1 Å². The summed E-state index contributed by atoms with van der Waals surface area (Å²) in [5.74, 6) is 0. The third-order valence-corrected chi connectivity index (χ3v) is 3.23. The van der Waals surface area contributed by atoms with Crippen LogP contribution in [0.15, 0.2) is 47.2 Å². The van der Waals surface area contributed by atoms with Gasteiger partial charge in [-0.25, -0.2) is 0 Å². The quantitative estimate of drug-likeness (QED) is 0.764. The van der Waals surface area contributed by atoms with E-state index in [1.54, 1.807) is 6.26 Å². The Morgan fingerprint density at radius 2 is 2.05 bits per heavy atom. The molecule has 3 rings (SSSR count). The topological polar surface area (TPSA) is 51.0 Å². The Bertz CT molecular complexity index is 692. The number of benzene rings is 1. The van der Waals surface area contributed by atoms with Gasteiger partial charge in [0.25, 0.3) is 0 Å². The third-order valence-electron chi connectivity index (χ3n) is 3.23. The summed E-state index contributed by atoms with van der Waals surface area (Å²) in [5, 5.41) is 8.48. The molecule has 0 unspecified atom stereocenters. The molecule has 0 saturated carbocycles. The molecule has 0 amide bonds. The molecule has 20 heavy (non-hydrogen) atoms. The summed E-state index contributed by atoms with van der Waals surface area (Å²) in [6, 6.07) is 12.2. The third kappa shape index (κ3) is 2.64. The zero-order valence-corrected chi connectivity index (χ0v) is 11.5. The highest BCUT2D eigenvalue weighted by Gasteiger charge is 2.06. The number of pyridine rings is 1. The van der Waals surface area contributed by atoms with E-state index in [0.29, 0.717) is 6.54 Å². The highest BCUT2D eigenvalue weighted by atomic mass is 16.5. The highest BCUT2D eigenvalue weighted by molar-refractivity contribution is 5.91. The Morgan fingerprint density at radius 3 is 2.85 bits per heavy atom. The number of anilines is 1. The van der Waals surface area contributed by atoms with Crippen LogP contribution in [0.4, 0.5) is 5.69 Å². The molecular formula is C16H17N3O. The Labute approximate surface area is 117 Å². The molecule has 0 aliphatic heterocycles. The van der Waals surface area contributed by atoms with Gasteiger partial charge in [0, 0.05) is 22.8 Å². The molecule has 0 saturated heterocycles. The SMILES string of the molecule is CCCc1cc(NCc2ccon2)c2ccccc2n1. The van der Waals surface area contributed by atoms with Crippen LogP contribution >= 0.6 is 0 Å². The lowest BCUT2D eigenvalue weighted by molar-refractivity contribution is 0.412. The molecule has 102 valence electrons. The van der Waals surface area contributed by atoms with Crippen molar-refractivity contribution in [2.45, 2.75) is 26.3 Å². The molecule has 0 aliphatic carbocycles. The van der Waals surface area contributed by atoms with Crippen LogP contribution in [0.25, 0.3) is 10.9 Å². The first-order valence-corrected chi connectivity index (χ1v) is 6.88. The van der Waals surface area contributed by atoms with Gasteiger partial charge in [0.15, 0.2) is 0 Å². The molecule has 0 spiro atoms. The number of nitrogens with zero attached hydrogens (tertiary/aromatic N) is 2. The lowest BCUT2D eigenvalue weighted by atomic mass is 10.1. The maximum absolute atomic E-state index is 4.85. The van der Waals surface area contributed by atoms with E-state index in [1.165, 1.54) is 0 Å². The van der Waals surface area contributed by atoms with Crippen LogP contribution in [0.2, 0.25) is 0 Å². The summed E-state index contributed by atoms with van der Waals surface area (Å²) in [4.78, 5) is 4.70. The van der Waals surface area contributed by atoms with E-state index in [4.69, 9.17) is 9.51 Å². The molecule has 0 bridgehead atoms. The Morgan fingerprint density at radius 1 is 1.15 bits per heavy atom. The zero-order valence-electron chi connectivity index (χ0n) is 11.5. The van der Waals surface area contributed by atoms with Crippen LogP contribution in [0.5, 0.6) is 0 Å². The second-order valence-electron chi connectivity index (χ2n) is 4.77. The molecule has 3 aromatic rings. The predicted octanol–water partition coefficient (Wildman–Crippen LogP) is 3.79. The lowest BCUT2D eigenvalue weighted by Gasteiger charge is -2.10. The second-order valence-corrected chi connectivity index (χ2v) is 4.77.